The molecule has 1 N–H and O–H groups in total. The topological polar surface area (TPSA) is 72.2 Å². The van der Waals surface area contributed by atoms with Gasteiger partial charge in [-0.25, -0.2) is 0 Å². The van der Waals surface area contributed by atoms with Crippen LogP contribution in [-0.2, 0) is 10.0 Å². The number of halogens is 1. The molecule has 4 rings (SSSR count). The van der Waals surface area contributed by atoms with Crippen molar-refractivity contribution in [1.82, 2.24) is 4.98 Å². The molecule has 0 saturated carbocycles. The average Bonchev–Trinajstić information content (AvgIpc) is 3.18. The molecule has 0 fully saturated rings. The summed E-state index contributed by atoms with van der Waals surface area (Å²) >= 11 is 2.19. The van der Waals surface area contributed by atoms with Crippen LogP contribution in [0.1, 0.15) is 5.56 Å². The van der Waals surface area contributed by atoms with Gasteiger partial charge in [0.2, 0.25) is 10.9 Å². The first kappa shape index (κ1) is 19.7. The van der Waals surface area contributed by atoms with Crippen molar-refractivity contribution in [2.24, 2.45) is 0 Å². The highest BCUT2D eigenvalue weighted by Gasteiger charge is 2.28. The van der Waals surface area contributed by atoms with Crippen LogP contribution in [0.15, 0.2) is 88.3 Å². The number of anilines is 1. The van der Waals surface area contributed by atoms with Crippen molar-refractivity contribution in [1.29, 1.82) is 0 Å². The molecule has 0 unspecified atom stereocenters. The van der Waals surface area contributed by atoms with Crippen LogP contribution in [0.2, 0.25) is 0 Å². The van der Waals surface area contributed by atoms with E-state index in [1.54, 1.807) is 18.2 Å². The van der Waals surface area contributed by atoms with E-state index in [2.05, 4.69) is 32.3 Å². The summed E-state index contributed by atoms with van der Waals surface area (Å²) in [5.74, 6) is 0.462. The first-order chi connectivity index (χ1) is 13.9. The van der Waals surface area contributed by atoms with E-state index in [0.29, 0.717) is 16.8 Å². The summed E-state index contributed by atoms with van der Waals surface area (Å²) in [6.45, 7) is 1.86. The van der Waals surface area contributed by atoms with Crippen LogP contribution in [-0.4, -0.2) is 13.4 Å². The van der Waals surface area contributed by atoms with E-state index in [1.807, 2.05) is 67.6 Å². The smallest absolute Gasteiger partial charge is 0.283 e. The zero-order valence-corrected chi connectivity index (χ0v) is 18.4. The molecular formula is C22H17IN2O3S. The largest absolute Gasteiger partial charge is 0.435 e. The van der Waals surface area contributed by atoms with Gasteiger partial charge in [-0.15, -0.1) is 0 Å². The van der Waals surface area contributed by atoms with Crippen molar-refractivity contribution in [3.05, 3.63) is 88.0 Å². The van der Waals surface area contributed by atoms with E-state index in [-0.39, 0.29) is 16.7 Å². The van der Waals surface area contributed by atoms with Crippen LogP contribution in [0.4, 0.5) is 5.69 Å². The normalized spacial score (nSPS) is 11.4. The van der Waals surface area contributed by atoms with E-state index in [0.717, 1.165) is 9.13 Å². The number of aromatic nitrogens is 1. The summed E-state index contributed by atoms with van der Waals surface area (Å²) in [4.78, 5) is 4.35. The molecule has 0 aliphatic rings. The lowest BCUT2D eigenvalue weighted by Crippen LogP contribution is -2.15. The molecule has 0 atom stereocenters. The van der Waals surface area contributed by atoms with E-state index in [4.69, 9.17) is 4.42 Å². The molecule has 0 radical (unpaired) electrons. The molecule has 3 aromatic carbocycles. The Balaban J connectivity index is 1.83. The molecular weight excluding hydrogens is 499 g/mol. The minimum atomic E-state index is -3.97. The molecule has 4 aromatic rings. The Bertz CT molecular complexity index is 1250. The van der Waals surface area contributed by atoms with Gasteiger partial charge in [0, 0.05) is 14.7 Å². The van der Waals surface area contributed by atoms with Gasteiger partial charge in [-0.1, -0.05) is 48.5 Å². The van der Waals surface area contributed by atoms with Gasteiger partial charge in [-0.2, -0.15) is 13.4 Å². The minimum absolute atomic E-state index is 0.138. The van der Waals surface area contributed by atoms with E-state index >= 15 is 0 Å². The lowest BCUT2D eigenvalue weighted by atomic mass is 10.2. The number of nitrogens with zero attached hydrogens (tertiary/aromatic N) is 1. The molecule has 0 amide bonds. The fraction of sp³-hybridized carbons (Fsp3) is 0.0455. The average molecular weight is 516 g/mol. The minimum Gasteiger partial charge on any atom is -0.435 e. The zero-order valence-electron chi connectivity index (χ0n) is 15.5. The Morgan fingerprint density at radius 2 is 1.52 bits per heavy atom. The first-order valence-electron chi connectivity index (χ1n) is 8.85. The maximum atomic E-state index is 13.2. The molecule has 29 heavy (non-hydrogen) atoms. The third kappa shape index (κ3) is 4.20. The number of benzene rings is 3. The zero-order chi connectivity index (χ0) is 20.4. The molecule has 0 aliphatic carbocycles. The number of nitrogens with one attached hydrogen (secondary N) is 1. The molecule has 1 aromatic heterocycles. The molecule has 0 aliphatic heterocycles. The summed E-state index contributed by atoms with van der Waals surface area (Å²) in [6.07, 6.45) is 0. The highest BCUT2D eigenvalue weighted by atomic mass is 127. The summed E-state index contributed by atoms with van der Waals surface area (Å²) in [7, 11) is -3.97. The predicted octanol–water partition coefficient (Wildman–Crippen LogP) is 5.72. The van der Waals surface area contributed by atoms with Crippen molar-refractivity contribution in [3.8, 4) is 22.8 Å². The van der Waals surface area contributed by atoms with Gasteiger partial charge in [0.25, 0.3) is 10.0 Å². The van der Waals surface area contributed by atoms with Crippen molar-refractivity contribution < 1.29 is 12.8 Å². The van der Waals surface area contributed by atoms with Crippen LogP contribution in [0.3, 0.4) is 0 Å². The third-order valence-electron chi connectivity index (χ3n) is 4.34. The number of rotatable bonds is 5. The number of aryl methyl sites for hydroxylation is 1. The quantitative estimate of drug-likeness (QED) is 0.345. The number of sulfonamides is 1. The first-order valence-corrected chi connectivity index (χ1v) is 11.4. The van der Waals surface area contributed by atoms with Gasteiger partial charge in [0.1, 0.15) is 0 Å². The SMILES string of the molecule is Cc1cc(I)ccc1NS(=O)(=O)c1nc(-c2ccccc2)oc1-c1ccccc1. The van der Waals surface area contributed by atoms with Gasteiger partial charge < -0.3 is 4.42 Å². The van der Waals surface area contributed by atoms with Crippen molar-refractivity contribution in [3.63, 3.8) is 0 Å². The van der Waals surface area contributed by atoms with E-state index in [9.17, 15) is 8.42 Å². The highest BCUT2D eigenvalue weighted by Crippen LogP contribution is 2.33. The van der Waals surface area contributed by atoms with Crippen molar-refractivity contribution >= 4 is 38.3 Å². The maximum Gasteiger partial charge on any atom is 0.283 e. The van der Waals surface area contributed by atoms with Crippen molar-refractivity contribution in [2.75, 3.05) is 4.72 Å². The predicted molar refractivity (Wildman–Crippen MR) is 122 cm³/mol. The lowest BCUT2D eigenvalue weighted by Gasteiger charge is -2.10. The Hall–Kier alpha value is -2.65. The van der Waals surface area contributed by atoms with Crippen LogP contribution < -0.4 is 4.72 Å². The second-order valence-corrected chi connectivity index (χ2v) is 9.29. The fourth-order valence-corrected chi connectivity index (χ4v) is 4.77. The summed E-state index contributed by atoms with van der Waals surface area (Å²) in [5.41, 5.74) is 2.68. The number of hydrogen-bond donors (Lipinski definition) is 1. The molecule has 7 heteroatoms. The molecule has 0 bridgehead atoms. The second kappa shape index (κ2) is 8.00. The summed E-state index contributed by atoms with van der Waals surface area (Å²) < 4.78 is 36.1. The van der Waals surface area contributed by atoms with Gasteiger partial charge in [0.05, 0.1) is 5.69 Å². The van der Waals surface area contributed by atoms with Gasteiger partial charge in [-0.05, 0) is 65.4 Å². The standard InChI is InChI=1S/C22H17IN2O3S/c1-15-14-18(23)12-13-19(15)25-29(26,27)22-20(16-8-4-2-5-9-16)28-21(24-22)17-10-6-3-7-11-17/h2-14,25H,1H3. The summed E-state index contributed by atoms with van der Waals surface area (Å²) in [6, 6.07) is 23.8. The Kier molecular flexibility index (Phi) is 5.42. The molecule has 146 valence electrons. The Labute approximate surface area is 183 Å². The van der Waals surface area contributed by atoms with Gasteiger partial charge in [-0.3, -0.25) is 4.72 Å². The molecule has 5 nitrogen and oxygen atoms in total. The maximum absolute atomic E-state index is 13.2. The fourth-order valence-electron chi connectivity index (χ4n) is 2.90. The number of hydrogen-bond acceptors (Lipinski definition) is 4. The van der Waals surface area contributed by atoms with Gasteiger partial charge in [0.15, 0.2) is 5.76 Å². The van der Waals surface area contributed by atoms with Crippen LogP contribution in [0, 0.1) is 10.5 Å². The molecule has 0 saturated heterocycles. The Morgan fingerprint density at radius 1 is 0.897 bits per heavy atom. The summed E-state index contributed by atoms with van der Waals surface area (Å²) in [5, 5.41) is -0.138. The van der Waals surface area contributed by atoms with Crippen molar-refractivity contribution in [2.45, 2.75) is 11.9 Å². The molecule has 1 heterocycles. The van der Waals surface area contributed by atoms with Crippen LogP contribution >= 0.6 is 22.6 Å². The number of oxazole rings is 1. The highest BCUT2D eigenvalue weighted by molar-refractivity contribution is 14.1. The third-order valence-corrected chi connectivity index (χ3v) is 6.29. The van der Waals surface area contributed by atoms with Gasteiger partial charge >= 0.3 is 0 Å². The van der Waals surface area contributed by atoms with E-state index < -0.39 is 10.0 Å². The lowest BCUT2D eigenvalue weighted by molar-refractivity contribution is 0.581. The molecule has 0 spiro atoms. The monoisotopic (exact) mass is 516 g/mol. The van der Waals surface area contributed by atoms with E-state index in [1.165, 1.54) is 0 Å². The van der Waals surface area contributed by atoms with Crippen LogP contribution in [0.5, 0.6) is 0 Å². The second-order valence-electron chi connectivity index (χ2n) is 6.45. The Morgan fingerprint density at radius 3 is 2.14 bits per heavy atom. The van der Waals surface area contributed by atoms with Crippen LogP contribution in [0.25, 0.3) is 22.8 Å².